The third-order valence-corrected chi connectivity index (χ3v) is 6.92. The molecule has 2 aromatic carbocycles. The normalized spacial score (nSPS) is 13.5. The largest absolute Gasteiger partial charge is 0.490 e. The summed E-state index contributed by atoms with van der Waals surface area (Å²) in [6, 6.07) is 12.6. The number of hydrogen-bond acceptors (Lipinski definition) is 7. The molecule has 33 heavy (non-hydrogen) atoms. The first kappa shape index (κ1) is 22.8. The number of thiazole rings is 1. The van der Waals surface area contributed by atoms with Crippen LogP contribution in [0.5, 0.6) is 11.5 Å². The van der Waals surface area contributed by atoms with Crippen LogP contribution in [0.1, 0.15) is 12.0 Å². The van der Waals surface area contributed by atoms with E-state index in [1.807, 2.05) is 23.6 Å². The van der Waals surface area contributed by atoms with Crippen LogP contribution in [0.15, 0.2) is 53.9 Å². The van der Waals surface area contributed by atoms with Crippen molar-refractivity contribution in [1.82, 2.24) is 4.98 Å². The first-order chi connectivity index (χ1) is 15.8. The number of amides is 1. The Bertz CT molecular complexity index is 1280. The lowest BCUT2D eigenvalue weighted by molar-refractivity contribution is -0.111. The summed E-state index contributed by atoms with van der Waals surface area (Å²) in [5, 5.41) is 5.06. The van der Waals surface area contributed by atoms with Crippen molar-refractivity contribution in [3.8, 4) is 22.8 Å². The standard InChI is InChI=1S/C23H23N3O5S2/c1-26(33(2,28)29)18-8-6-17(7-9-18)19-15-32-23(24-19)25-22(27)11-5-16-4-10-20-21(14-16)31-13-3-12-30-20/h4-11,14-15H,3,12-13H2,1-2H3,(H,24,25,27)/b11-5+. The molecule has 2 heterocycles. The Morgan fingerprint density at radius 2 is 1.85 bits per heavy atom. The molecule has 10 heteroatoms. The van der Waals surface area contributed by atoms with E-state index < -0.39 is 10.0 Å². The summed E-state index contributed by atoms with van der Waals surface area (Å²) >= 11 is 1.31. The molecule has 1 aliphatic heterocycles. The molecule has 0 saturated carbocycles. The highest BCUT2D eigenvalue weighted by atomic mass is 32.2. The van der Waals surface area contributed by atoms with Gasteiger partial charge in [0.05, 0.1) is 30.9 Å². The van der Waals surface area contributed by atoms with Gasteiger partial charge in [-0.25, -0.2) is 13.4 Å². The molecule has 0 spiro atoms. The highest BCUT2D eigenvalue weighted by Gasteiger charge is 2.13. The minimum atomic E-state index is -3.32. The van der Waals surface area contributed by atoms with Gasteiger partial charge < -0.3 is 9.47 Å². The molecule has 0 unspecified atom stereocenters. The van der Waals surface area contributed by atoms with Crippen molar-refractivity contribution in [1.29, 1.82) is 0 Å². The van der Waals surface area contributed by atoms with Crippen molar-refractivity contribution in [3.63, 3.8) is 0 Å². The molecule has 3 aromatic rings. The molecule has 0 atom stereocenters. The fourth-order valence-electron chi connectivity index (χ4n) is 3.10. The maximum atomic E-state index is 12.3. The number of ether oxygens (including phenoxy) is 2. The number of benzene rings is 2. The monoisotopic (exact) mass is 485 g/mol. The predicted molar refractivity (Wildman–Crippen MR) is 131 cm³/mol. The predicted octanol–water partition coefficient (Wildman–Crippen LogP) is 4.02. The van der Waals surface area contributed by atoms with Gasteiger partial charge in [-0.15, -0.1) is 11.3 Å². The number of aromatic nitrogens is 1. The van der Waals surface area contributed by atoms with E-state index in [9.17, 15) is 13.2 Å². The van der Waals surface area contributed by atoms with Gasteiger partial charge >= 0.3 is 0 Å². The number of nitrogens with zero attached hydrogens (tertiary/aromatic N) is 2. The molecule has 4 rings (SSSR count). The van der Waals surface area contributed by atoms with Crippen LogP contribution in [0.4, 0.5) is 10.8 Å². The van der Waals surface area contributed by atoms with Crippen LogP contribution in [0, 0.1) is 0 Å². The average Bonchev–Trinajstić information content (AvgIpc) is 3.12. The lowest BCUT2D eigenvalue weighted by Crippen LogP contribution is -2.24. The van der Waals surface area contributed by atoms with Gasteiger partial charge in [0.1, 0.15) is 0 Å². The third kappa shape index (κ3) is 5.71. The SMILES string of the molecule is CN(c1ccc(-c2csc(NC(=O)/C=C/c3ccc4c(c3)OCCCO4)n2)cc1)S(C)(=O)=O. The maximum absolute atomic E-state index is 12.3. The molecule has 172 valence electrons. The van der Waals surface area contributed by atoms with Gasteiger partial charge in [-0.3, -0.25) is 14.4 Å². The van der Waals surface area contributed by atoms with Gasteiger partial charge in [0, 0.05) is 30.5 Å². The van der Waals surface area contributed by atoms with Gasteiger partial charge in [-0.05, 0) is 35.9 Å². The smallest absolute Gasteiger partial charge is 0.250 e. The summed E-state index contributed by atoms with van der Waals surface area (Å²) in [5.41, 5.74) is 2.90. The number of hydrogen-bond donors (Lipinski definition) is 1. The Hall–Kier alpha value is -3.37. The third-order valence-electron chi connectivity index (χ3n) is 4.96. The van der Waals surface area contributed by atoms with Crippen LogP contribution >= 0.6 is 11.3 Å². The van der Waals surface area contributed by atoms with Crippen LogP contribution in [0.3, 0.4) is 0 Å². The minimum absolute atomic E-state index is 0.298. The van der Waals surface area contributed by atoms with E-state index in [4.69, 9.17) is 9.47 Å². The number of rotatable bonds is 6. The first-order valence-corrected chi connectivity index (χ1v) is 12.9. The zero-order chi connectivity index (χ0) is 23.4. The summed E-state index contributed by atoms with van der Waals surface area (Å²) in [6.07, 6.45) is 5.13. The quantitative estimate of drug-likeness (QED) is 0.530. The zero-order valence-electron chi connectivity index (χ0n) is 18.1. The summed E-state index contributed by atoms with van der Waals surface area (Å²) in [4.78, 5) is 16.8. The molecular weight excluding hydrogens is 462 g/mol. The van der Waals surface area contributed by atoms with Crippen molar-refractivity contribution >= 4 is 44.2 Å². The van der Waals surface area contributed by atoms with E-state index in [-0.39, 0.29) is 5.91 Å². The lowest BCUT2D eigenvalue weighted by Gasteiger charge is -2.16. The Labute approximate surface area is 196 Å². The van der Waals surface area contributed by atoms with Crippen molar-refractivity contribution in [2.45, 2.75) is 6.42 Å². The van der Waals surface area contributed by atoms with Crippen molar-refractivity contribution in [2.75, 3.05) is 36.1 Å². The minimum Gasteiger partial charge on any atom is -0.490 e. The van der Waals surface area contributed by atoms with Gasteiger partial charge in [0.25, 0.3) is 0 Å². The molecular formula is C23H23N3O5S2. The molecule has 0 radical (unpaired) electrons. The number of nitrogens with one attached hydrogen (secondary N) is 1. The van der Waals surface area contributed by atoms with Crippen molar-refractivity contribution in [2.24, 2.45) is 0 Å². The van der Waals surface area contributed by atoms with Crippen LogP contribution in [0.2, 0.25) is 0 Å². The molecule has 8 nitrogen and oxygen atoms in total. The van der Waals surface area contributed by atoms with Crippen LogP contribution in [-0.2, 0) is 14.8 Å². The fourth-order valence-corrected chi connectivity index (χ4v) is 4.33. The number of carbonyl (C=O) groups is 1. The van der Waals surface area contributed by atoms with Crippen molar-refractivity contribution in [3.05, 3.63) is 59.5 Å². The van der Waals surface area contributed by atoms with Crippen molar-refractivity contribution < 1.29 is 22.7 Å². The second-order valence-electron chi connectivity index (χ2n) is 7.39. The Kier molecular flexibility index (Phi) is 6.66. The molecule has 0 saturated heterocycles. The summed E-state index contributed by atoms with van der Waals surface area (Å²) in [7, 11) is -1.82. The molecule has 1 aliphatic rings. The Morgan fingerprint density at radius 1 is 1.12 bits per heavy atom. The second kappa shape index (κ2) is 9.63. The fraction of sp³-hybridized carbons (Fsp3) is 0.217. The van der Waals surface area contributed by atoms with Gasteiger partial charge in [0.2, 0.25) is 15.9 Å². The van der Waals surface area contributed by atoms with Crippen LogP contribution in [0.25, 0.3) is 17.3 Å². The van der Waals surface area contributed by atoms with E-state index in [2.05, 4.69) is 10.3 Å². The van der Waals surface area contributed by atoms with E-state index in [0.29, 0.717) is 41.2 Å². The second-order valence-corrected chi connectivity index (χ2v) is 10.3. The molecule has 1 aromatic heterocycles. The van der Waals surface area contributed by atoms with Crippen LogP contribution in [-0.4, -0.2) is 45.8 Å². The maximum Gasteiger partial charge on any atom is 0.250 e. The highest BCUT2D eigenvalue weighted by molar-refractivity contribution is 7.92. The van der Waals surface area contributed by atoms with Crippen LogP contribution < -0.4 is 19.1 Å². The van der Waals surface area contributed by atoms with E-state index in [1.165, 1.54) is 28.8 Å². The lowest BCUT2D eigenvalue weighted by atomic mass is 10.1. The average molecular weight is 486 g/mol. The summed E-state index contributed by atoms with van der Waals surface area (Å²) in [5.74, 6) is 1.09. The van der Waals surface area contributed by atoms with Gasteiger partial charge in [-0.2, -0.15) is 0 Å². The molecule has 1 N–H and O–H groups in total. The summed E-state index contributed by atoms with van der Waals surface area (Å²) in [6.45, 7) is 1.23. The molecule has 0 fully saturated rings. The number of anilines is 2. The molecule has 1 amide bonds. The number of fused-ring (bicyclic) bond motifs is 1. The Balaban J connectivity index is 1.39. The van der Waals surface area contributed by atoms with Gasteiger partial charge in [0.15, 0.2) is 16.6 Å². The Morgan fingerprint density at radius 3 is 2.58 bits per heavy atom. The topological polar surface area (TPSA) is 97.8 Å². The van der Waals surface area contributed by atoms with E-state index >= 15 is 0 Å². The zero-order valence-corrected chi connectivity index (χ0v) is 19.8. The van der Waals surface area contributed by atoms with E-state index in [0.717, 1.165) is 23.8 Å². The number of carbonyl (C=O) groups excluding carboxylic acids is 1. The molecule has 0 bridgehead atoms. The van der Waals surface area contributed by atoms with Gasteiger partial charge in [-0.1, -0.05) is 18.2 Å². The molecule has 0 aliphatic carbocycles. The van der Waals surface area contributed by atoms with E-state index in [1.54, 1.807) is 30.3 Å². The highest BCUT2D eigenvalue weighted by Crippen LogP contribution is 2.31. The first-order valence-electron chi connectivity index (χ1n) is 10.2. The number of sulfonamides is 1. The summed E-state index contributed by atoms with van der Waals surface area (Å²) < 4.78 is 35.8.